The summed E-state index contributed by atoms with van der Waals surface area (Å²) in [5.41, 5.74) is 0.298. The van der Waals surface area contributed by atoms with Crippen molar-refractivity contribution in [3.05, 3.63) is 30.1 Å². The molecule has 1 N–H and O–H groups in total. The molecule has 4 fully saturated rings. The summed E-state index contributed by atoms with van der Waals surface area (Å²) in [7, 11) is 0. The summed E-state index contributed by atoms with van der Waals surface area (Å²) in [5.74, 6) is 1.98. The summed E-state index contributed by atoms with van der Waals surface area (Å²) < 4.78 is 5.54. The predicted molar refractivity (Wildman–Crippen MR) is 88.1 cm³/mol. The van der Waals surface area contributed by atoms with Crippen LogP contribution < -0.4 is 5.32 Å². The van der Waals surface area contributed by atoms with Crippen molar-refractivity contribution in [2.24, 2.45) is 23.2 Å². The molecule has 0 aromatic carbocycles. The van der Waals surface area contributed by atoms with Gasteiger partial charge >= 0.3 is 5.97 Å². The van der Waals surface area contributed by atoms with Gasteiger partial charge in [0.25, 0.3) is 5.91 Å². The lowest BCUT2D eigenvalue weighted by Crippen LogP contribution is -2.50. The highest BCUT2D eigenvalue weighted by Gasteiger charge is 2.55. The second-order valence-corrected chi connectivity index (χ2v) is 7.83. The fourth-order valence-corrected chi connectivity index (χ4v) is 5.42. The van der Waals surface area contributed by atoms with Crippen molar-refractivity contribution >= 4 is 11.9 Å². The Hall–Kier alpha value is -1.91. The van der Waals surface area contributed by atoms with Crippen LogP contribution in [0.3, 0.4) is 0 Å². The van der Waals surface area contributed by atoms with Crippen LogP contribution in [0.4, 0.5) is 0 Å². The number of hydrogen-bond donors (Lipinski definition) is 1. The summed E-state index contributed by atoms with van der Waals surface area (Å²) in [4.78, 5) is 28.5. The van der Waals surface area contributed by atoms with E-state index in [4.69, 9.17) is 4.74 Å². The number of hydrogen-bond acceptors (Lipinski definition) is 4. The number of pyridine rings is 1. The van der Waals surface area contributed by atoms with Gasteiger partial charge in [-0.25, -0.2) is 0 Å². The molecule has 5 rings (SSSR count). The molecule has 5 nitrogen and oxygen atoms in total. The molecule has 0 saturated heterocycles. The van der Waals surface area contributed by atoms with Gasteiger partial charge in [0.2, 0.25) is 0 Å². The molecule has 128 valence electrons. The van der Waals surface area contributed by atoms with E-state index in [2.05, 4.69) is 10.3 Å². The zero-order valence-corrected chi connectivity index (χ0v) is 13.9. The maximum atomic E-state index is 12.7. The minimum atomic E-state index is -0.220. The molecule has 0 aliphatic heterocycles. The van der Waals surface area contributed by atoms with Gasteiger partial charge in [-0.1, -0.05) is 0 Å². The van der Waals surface area contributed by atoms with E-state index < -0.39 is 0 Å². The van der Waals surface area contributed by atoms with E-state index >= 15 is 0 Å². The van der Waals surface area contributed by atoms with Crippen molar-refractivity contribution in [1.82, 2.24) is 10.3 Å². The van der Waals surface area contributed by atoms with E-state index in [1.54, 1.807) is 18.3 Å². The lowest BCUT2D eigenvalue weighted by Gasteiger charge is -2.55. The number of nitrogens with zero attached hydrogens (tertiary/aromatic N) is 1. The monoisotopic (exact) mass is 328 g/mol. The van der Waals surface area contributed by atoms with Gasteiger partial charge in [-0.15, -0.1) is 0 Å². The zero-order chi connectivity index (χ0) is 16.6. The van der Waals surface area contributed by atoms with Crippen molar-refractivity contribution in [3.63, 3.8) is 0 Å². The third-order valence-electron chi connectivity index (χ3n) is 6.02. The number of nitrogens with one attached hydrogen (secondary N) is 1. The highest BCUT2D eigenvalue weighted by atomic mass is 16.5. The fourth-order valence-electron chi connectivity index (χ4n) is 5.42. The number of carbonyl (C=O) groups is 2. The number of rotatable bonds is 5. The molecule has 1 aromatic rings. The number of ether oxygens (including phenoxy) is 1. The summed E-state index contributed by atoms with van der Waals surface area (Å²) in [6.45, 7) is 0.582. The van der Waals surface area contributed by atoms with Crippen LogP contribution >= 0.6 is 0 Å². The van der Waals surface area contributed by atoms with Gasteiger partial charge in [-0.05, 0) is 68.4 Å². The first-order valence-electron chi connectivity index (χ1n) is 9.00. The maximum Gasteiger partial charge on any atom is 0.312 e. The molecule has 1 aromatic heterocycles. The van der Waals surface area contributed by atoms with Gasteiger partial charge in [0.15, 0.2) is 0 Å². The van der Waals surface area contributed by atoms with Crippen molar-refractivity contribution < 1.29 is 14.3 Å². The molecule has 24 heavy (non-hydrogen) atoms. The molecule has 0 unspecified atom stereocenters. The normalized spacial score (nSPS) is 33.2. The van der Waals surface area contributed by atoms with Gasteiger partial charge in [0.1, 0.15) is 6.61 Å². The predicted octanol–water partition coefficient (Wildman–Crippen LogP) is 2.57. The van der Waals surface area contributed by atoms with Gasteiger partial charge in [-0.2, -0.15) is 0 Å². The Morgan fingerprint density at radius 2 is 1.83 bits per heavy atom. The standard InChI is InChI=1S/C19H24N2O3/c22-17(16-2-1-3-20-12-16)21-4-5-24-18(23)19-9-13-6-14(10-19)8-15(7-13)11-19/h1-3,12-15H,4-11H2,(H,21,22). The van der Waals surface area contributed by atoms with Crippen molar-refractivity contribution in [2.45, 2.75) is 38.5 Å². The highest BCUT2D eigenvalue weighted by Crippen LogP contribution is 2.60. The third-order valence-corrected chi connectivity index (χ3v) is 6.02. The van der Waals surface area contributed by atoms with Crippen LogP contribution in [0, 0.1) is 23.2 Å². The highest BCUT2D eigenvalue weighted by molar-refractivity contribution is 5.93. The Morgan fingerprint density at radius 3 is 2.42 bits per heavy atom. The molecular formula is C19H24N2O3. The van der Waals surface area contributed by atoms with Crippen LogP contribution in [0.25, 0.3) is 0 Å². The first-order chi connectivity index (χ1) is 11.6. The second-order valence-electron chi connectivity index (χ2n) is 7.83. The number of carbonyl (C=O) groups excluding carboxylic acids is 2. The topological polar surface area (TPSA) is 68.3 Å². The first kappa shape index (κ1) is 15.6. The first-order valence-corrected chi connectivity index (χ1v) is 9.00. The maximum absolute atomic E-state index is 12.7. The SMILES string of the molecule is O=C(NCCOC(=O)C12CC3CC(CC(C3)C1)C2)c1cccnc1. The molecule has 0 spiro atoms. The van der Waals surface area contributed by atoms with E-state index in [0.717, 1.165) is 37.0 Å². The smallest absolute Gasteiger partial charge is 0.312 e. The second kappa shape index (κ2) is 6.19. The Bertz CT molecular complexity index is 593. The van der Waals surface area contributed by atoms with Crippen molar-refractivity contribution in [1.29, 1.82) is 0 Å². The summed E-state index contributed by atoms with van der Waals surface area (Å²) in [6.07, 6.45) is 10.1. The molecule has 0 atom stereocenters. The number of aromatic nitrogens is 1. The molecule has 0 radical (unpaired) electrons. The summed E-state index contributed by atoms with van der Waals surface area (Å²) in [6, 6.07) is 3.44. The minimum absolute atomic E-state index is 0.0303. The number of esters is 1. The van der Waals surface area contributed by atoms with Crippen LogP contribution in [-0.4, -0.2) is 30.0 Å². The Kier molecular flexibility index (Phi) is 4.02. The average molecular weight is 328 g/mol. The molecule has 4 aliphatic carbocycles. The lowest BCUT2D eigenvalue weighted by atomic mass is 9.49. The third kappa shape index (κ3) is 2.92. The number of amides is 1. The molecular weight excluding hydrogens is 304 g/mol. The molecule has 4 bridgehead atoms. The summed E-state index contributed by atoms with van der Waals surface area (Å²) >= 11 is 0. The Labute approximate surface area is 142 Å². The van der Waals surface area contributed by atoms with Crippen molar-refractivity contribution in [3.8, 4) is 0 Å². The van der Waals surface area contributed by atoms with Crippen LogP contribution in [0.1, 0.15) is 48.9 Å². The molecule has 1 amide bonds. The quantitative estimate of drug-likeness (QED) is 0.666. The lowest BCUT2D eigenvalue weighted by molar-refractivity contribution is -0.171. The molecule has 4 aliphatic rings. The summed E-state index contributed by atoms with van der Waals surface area (Å²) in [5, 5.41) is 2.77. The van der Waals surface area contributed by atoms with Gasteiger partial charge in [0.05, 0.1) is 17.5 Å². The van der Waals surface area contributed by atoms with Crippen molar-refractivity contribution in [2.75, 3.05) is 13.2 Å². The van der Waals surface area contributed by atoms with E-state index in [1.165, 1.54) is 25.5 Å². The van der Waals surface area contributed by atoms with Gasteiger partial charge in [0, 0.05) is 12.4 Å². The van der Waals surface area contributed by atoms with Gasteiger partial charge in [-0.3, -0.25) is 14.6 Å². The van der Waals surface area contributed by atoms with Gasteiger partial charge < -0.3 is 10.1 Å². The van der Waals surface area contributed by atoms with E-state index in [9.17, 15) is 9.59 Å². The minimum Gasteiger partial charge on any atom is -0.463 e. The Morgan fingerprint density at radius 1 is 1.17 bits per heavy atom. The van der Waals surface area contributed by atoms with E-state index in [1.807, 2.05) is 0 Å². The van der Waals surface area contributed by atoms with Crippen LogP contribution in [0.15, 0.2) is 24.5 Å². The average Bonchev–Trinajstić information content (AvgIpc) is 2.58. The van der Waals surface area contributed by atoms with E-state index in [0.29, 0.717) is 12.1 Å². The molecule has 1 heterocycles. The van der Waals surface area contributed by atoms with Crippen LogP contribution in [0.5, 0.6) is 0 Å². The fraction of sp³-hybridized carbons (Fsp3) is 0.632. The van der Waals surface area contributed by atoms with Crippen LogP contribution in [0.2, 0.25) is 0 Å². The zero-order valence-electron chi connectivity index (χ0n) is 13.9. The van der Waals surface area contributed by atoms with E-state index in [-0.39, 0.29) is 23.9 Å². The molecule has 5 heteroatoms. The Balaban J connectivity index is 1.26. The van der Waals surface area contributed by atoms with Crippen LogP contribution in [-0.2, 0) is 9.53 Å². The largest absolute Gasteiger partial charge is 0.463 e. The molecule has 4 saturated carbocycles.